The van der Waals surface area contributed by atoms with Crippen LogP contribution >= 0.6 is 15.6 Å². The number of unbranched alkanes of at least 4 members (excludes halogenated alkanes) is 31. The largest absolute Gasteiger partial charge is 0.472 e. The summed E-state index contributed by atoms with van der Waals surface area (Å²) in [6.07, 6.45) is 80.6. The third-order valence-electron chi connectivity index (χ3n) is 16.7. The van der Waals surface area contributed by atoms with Crippen molar-refractivity contribution in [2.45, 2.75) is 354 Å². The summed E-state index contributed by atoms with van der Waals surface area (Å²) < 4.78 is 68.6. The van der Waals surface area contributed by atoms with E-state index in [-0.39, 0.29) is 25.7 Å². The summed E-state index contributed by atoms with van der Waals surface area (Å²) in [5.41, 5.74) is 0. The monoisotopic (exact) mass is 1470 g/mol. The highest BCUT2D eigenvalue weighted by Gasteiger charge is 2.30. The van der Waals surface area contributed by atoms with E-state index >= 15 is 0 Å². The van der Waals surface area contributed by atoms with Gasteiger partial charge in [-0.05, 0) is 122 Å². The highest BCUT2D eigenvalue weighted by Crippen LogP contribution is 2.45. The molecule has 3 N–H and O–H groups in total. The third-order valence-corrected chi connectivity index (χ3v) is 18.6. The Hall–Kier alpha value is -4.28. The smallest absolute Gasteiger partial charge is 0.462 e. The van der Waals surface area contributed by atoms with Crippen molar-refractivity contribution < 1.29 is 80.2 Å². The van der Waals surface area contributed by atoms with Gasteiger partial charge in [0.1, 0.15) is 19.3 Å². The van der Waals surface area contributed by atoms with Crippen LogP contribution in [0.4, 0.5) is 0 Å². The zero-order valence-electron chi connectivity index (χ0n) is 64.3. The molecule has 0 aromatic rings. The lowest BCUT2D eigenvalue weighted by Crippen LogP contribution is -2.30. The standard InChI is InChI=1S/C83H144O17P2/c1-5-9-13-17-21-25-29-33-36-38-41-44-47-51-55-59-63-67-80(85)93-73-78(99-82(87)69-65-61-57-53-49-43-32-28-24-20-16-12-8-4)75-97-101(89,90)95-71-77(84)72-96-102(91,92)98-76-79(100-83(88)70-66-62-58-54-50-46-40-35-31-27-23-19-15-11-7-3)74-94-81(86)68-64-60-56-52-48-45-42-39-37-34-30-26-22-18-14-10-6-2/h9-10,13-14,16,20-22,25-26,28,32-34,36-37,42,45,77-79,84H,5-8,11-12,15,17-19,23-24,27,29-31,35,38-41,43-44,46-76H2,1-4H3,(H,89,90)(H,91,92)/b13-9-,14-10-,20-16-,25-21-,26-22-,32-28-,36-33-,37-34-,45-42-. The Morgan fingerprint density at radius 1 is 0.284 bits per heavy atom. The number of carbonyl (C=O) groups excluding carboxylic acids is 4. The maximum absolute atomic E-state index is 13.1. The molecule has 19 heteroatoms. The van der Waals surface area contributed by atoms with E-state index in [4.69, 9.17) is 37.0 Å². The lowest BCUT2D eigenvalue weighted by Gasteiger charge is -2.21. The number of ether oxygens (including phenoxy) is 4. The van der Waals surface area contributed by atoms with Crippen molar-refractivity contribution in [1.82, 2.24) is 0 Å². The van der Waals surface area contributed by atoms with Crippen LogP contribution in [0.3, 0.4) is 0 Å². The Kier molecular flexibility index (Phi) is 71.8. The van der Waals surface area contributed by atoms with Gasteiger partial charge in [0.05, 0.1) is 26.4 Å². The van der Waals surface area contributed by atoms with Crippen LogP contribution in [-0.4, -0.2) is 96.7 Å². The van der Waals surface area contributed by atoms with Crippen LogP contribution in [0.1, 0.15) is 336 Å². The zero-order valence-corrected chi connectivity index (χ0v) is 66.0. The van der Waals surface area contributed by atoms with E-state index in [0.717, 1.165) is 193 Å². The summed E-state index contributed by atoms with van der Waals surface area (Å²) in [7, 11) is -9.96. The summed E-state index contributed by atoms with van der Waals surface area (Å²) in [5, 5.41) is 10.6. The summed E-state index contributed by atoms with van der Waals surface area (Å²) in [6, 6.07) is 0. The van der Waals surface area contributed by atoms with Gasteiger partial charge in [0.2, 0.25) is 0 Å². The lowest BCUT2D eigenvalue weighted by molar-refractivity contribution is -0.161. The van der Waals surface area contributed by atoms with Gasteiger partial charge in [0.15, 0.2) is 12.2 Å². The quantitative estimate of drug-likeness (QED) is 0.0169. The number of allylic oxidation sites excluding steroid dienone is 18. The molecule has 0 saturated heterocycles. The highest BCUT2D eigenvalue weighted by molar-refractivity contribution is 7.47. The van der Waals surface area contributed by atoms with Crippen LogP contribution in [0.5, 0.6) is 0 Å². The molecule has 0 bridgehead atoms. The molecular weight excluding hydrogens is 1330 g/mol. The van der Waals surface area contributed by atoms with Gasteiger partial charge in [-0.2, -0.15) is 0 Å². The summed E-state index contributed by atoms with van der Waals surface area (Å²) >= 11 is 0. The number of carbonyl (C=O) groups is 4. The number of rotatable bonds is 75. The Bertz CT molecular complexity index is 2360. The Morgan fingerprint density at radius 3 is 0.824 bits per heavy atom. The number of esters is 4. The van der Waals surface area contributed by atoms with Crippen LogP contribution in [0.15, 0.2) is 109 Å². The van der Waals surface area contributed by atoms with E-state index in [1.807, 2.05) is 0 Å². The Balaban J connectivity index is 5.36. The molecule has 0 saturated carbocycles. The van der Waals surface area contributed by atoms with Crippen molar-refractivity contribution in [3.63, 3.8) is 0 Å². The first-order chi connectivity index (χ1) is 49.7. The molecule has 17 nitrogen and oxygen atoms in total. The second-order valence-corrected chi connectivity index (χ2v) is 29.5. The van der Waals surface area contributed by atoms with Crippen LogP contribution in [0.2, 0.25) is 0 Å². The summed E-state index contributed by atoms with van der Waals surface area (Å²) in [6.45, 7) is 4.57. The molecule has 0 amide bonds. The van der Waals surface area contributed by atoms with Gasteiger partial charge in [-0.1, -0.05) is 298 Å². The first kappa shape index (κ1) is 97.7. The van der Waals surface area contributed by atoms with Crippen molar-refractivity contribution in [3.05, 3.63) is 109 Å². The second-order valence-electron chi connectivity index (χ2n) is 26.6. The van der Waals surface area contributed by atoms with Crippen LogP contribution in [-0.2, 0) is 65.4 Å². The number of phosphoric acid groups is 2. The molecule has 5 unspecified atom stereocenters. The van der Waals surface area contributed by atoms with Crippen LogP contribution in [0.25, 0.3) is 0 Å². The molecule has 102 heavy (non-hydrogen) atoms. The third kappa shape index (κ3) is 74.0. The molecule has 0 aliphatic carbocycles. The molecular formula is C83H144O17P2. The molecule has 588 valence electrons. The number of phosphoric ester groups is 2. The van der Waals surface area contributed by atoms with Crippen LogP contribution < -0.4 is 0 Å². The van der Waals surface area contributed by atoms with Crippen molar-refractivity contribution in [3.8, 4) is 0 Å². The molecule has 0 fully saturated rings. The fraction of sp³-hybridized carbons (Fsp3) is 0.735. The average Bonchev–Trinajstić information content (AvgIpc) is 0.939. The van der Waals surface area contributed by atoms with Gasteiger partial charge in [0.25, 0.3) is 0 Å². The van der Waals surface area contributed by atoms with Gasteiger partial charge in [-0.25, -0.2) is 9.13 Å². The average molecular weight is 1480 g/mol. The van der Waals surface area contributed by atoms with E-state index in [9.17, 15) is 43.2 Å². The molecule has 0 aromatic carbocycles. The predicted molar refractivity (Wildman–Crippen MR) is 418 cm³/mol. The summed E-state index contributed by atoms with van der Waals surface area (Å²) in [4.78, 5) is 73.0. The highest BCUT2D eigenvalue weighted by atomic mass is 31.2. The molecule has 0 aliphatic rings. The van der Waals surface area contributed by atoms with Crippen molar-refractivity contribution >= 4 is 39.5 Å². The zero-order chi connectivity index (χ0) is 74.6. The fourth-order valence-electron chi connectivity index (χ4n) is 10.7. The lowest BCUT2D eigenvalue weighted by atomic mass is 10.0. The summed E-state index contributed by atoms with van der Waals surface area (Å²) in [5.74, 6) is -2.21. The fourth-order valence-corrected chi connectivity index (χ4v) is 12.3. The van der Waals surface area contributed by atoms with Crippen molar-refractivity contribution in [2.75, 3.05) is 39.6 Å². The van der Waals surface area contributed by atoms with E-state index < -0.39 is 97.5 Å². The molecule has 0 aromatic heterocycles. The van der Waals surface area contributed by atoms with Gasteiger partial charge < -0.3 is 33.8 Å². The van der Waals surface area contributed by atoms with E-state index in [1.165, 1.54) is 64.2 Å². The normalized spacial score (nSPS) is 14.5. The minimum Gasteiger partial charge on any atom is -0.462 e. The Labute approximate surface area is 619 Å². The molecule has 0 radical (unpaired) electrons. The first-order valence-electron chi connectivity index (χ1n) is 40.1. The minimum atomic E-state index is -4.98. The molecule has 0 heterocycles. The van der Waals surface area contributed by atoms with Crippen molar-refractivity contribution in [1.29, 1.82) is 0 Å². The first-order valence-corrected chi connectivity index (χ1v) is 43.1. The second kappa shape index (κ2) is 75.0. The van der Waals surface area contributed by atoms with Gasteiger partial charge >= 0.3 is 39.5 Å². The maximum atomic E-state index is 13.1. The topological polar surface area (TPSA) is 237 Å². The number of aliphatic hydroxyl groups excluding tert-OH is 1. The Morgan fingerprint density at radius 2 is 0.529 bits per heavy atom. The molecule has 0 spiro atoms. The van der Waals surface area contributed by atoms with Crippen molar-refractivity contribution in [2.24, 2.45) is 0 Å². The van der Waals surface area contributed by atoms with E-state index in [0.29, 0.717) is 25.7 Å². The van der Waals surface area contributed by atoms with E-state index in [1.54, 1.807) is 0 Å². The molecule has 5 atom stereocenters. The molecule has 0 rings (SSSR count). The van der Waals surface area contributed by atoms with Gasteiger partial charge in [-0.3, -0.25) is 37.3 Å². The number of hydrogen-bond donors (Lipinski definition) is 3. The van der Waals surface area contributed by atoms with Gasteiger partial charge in [-0.15, -0.1) is 0 Å². The van der Waals surface area contributed by atoms with E-state index in [2.05, 4.69) is 137 Å². The minimum absolute atomic E-state index is 0.0756. The number of aliphatic hydroxyl groups is 1. The molecule has 0 aliphatic heterocycles. The van der Waals surface area contributed by atoms with Gasteiger partial charge in [0, 0.05) is 25.7 Å². The predicted octanol–water partition coefficient (Wildman–Crippen LogP) is 23.3. The maximum Gasteiger partial charge on any atom is 0.472 e. The number of hydrogen-bond acceptors (Lipinski definition) is 15. The SMILES string of the molecule is CC/C=C\C/C=C\C/C=C\C/C=C\CCCCCCC(=O)OCC(COP(=O)(O)OCC(O)COP(=O)(O)OCC(COC(=O)CCCCCCCCC/C=C\C/C=C\C/C=C\CC)OC(=O)CCCCCCC/C=C\C/C=C\CCC)OC(=O)CCCCCCCCCCCCCCCCC. The van der Waals surface area contributed by atoms with Crippen LogP contribution in [0, 0.1) is 0 Å².